The molecule has 0 saturated heterocycles. The van der Waals surface area contributed by atoms with Gasteiger partial charge in [-0.25, -0.2) is 4.98 Å². The molecule has 2 aromatic rings. The number of aryl methyl sites for hydroxylation is 1. The number of rotatable bonds is 5. The lowest BCUT2D eigenvalue weighted by Gasteiger charge is -2.05. The van der Waals surface area contributed by atoms with Crippen molar-refractivity contribution in [2.45, 2.75) is 48.7 Å². The quantitative estimate of drug-likeness (QED) is 0.913. The van der Waals surface area contributed by atoms with Gasteiger partial charge in [-0.3, -0.25) is 5.10 Å². The first-order valence-electron chi connectivity index (χ1n) is 7.16. The predicted molar refractivity (Wildman–Crippen MR) is 77.5 cm³/mol. The van der Waals surface area contributed by atoms with Crippen LogP contribution in [0.4, 0.5) is 0 Å². The number of aromatic amines is 1. The van der Waals surface area contributed by atoms with Gasteiger partial charge in [-0.1, -0.05) is 25.7 Å². The number of H-pyrrole nitrogens is 1. The topological polar surface area (TPSA) is 91.1 Å². The van der Waals surface area contributed by atoms with Crippen LogP contribution >= 0.6 is 11.8 Å². The van der Waals surface area contributed by atoms with Crippen LogP contribution in [0, 0.1) is 17.2 Å². The summed E-state index contributed by atoms with van der Waals surface area (Å²) < 4.78 is 0. The van der Waals surface area contributed by atoms with Gasteiger partial charge in [-0.2, -0.15) is 5.26 Å². The molecule has 6 nitrogen and oxygen atoms in total. The summed E-state index contributed by atoms with van der Waals surface area (Å²) >= 11 is 1.35. The highest BCUT2D eigenvalue weighted by Gasteiger charge is 2.15. The summed E-state index contributed by atoms with van der Waals surface area (Å²) in [6, 6.07) is 5.34. The van der Waals surface area contributed by atoms with Gasteiger partial charge in [0.2, 0.25) is 5.16 Å². The van der Waals surface area contributed by atoms with Crippen LogP contribution in [0.1, 0.15) is 43.6 Å². The van der Waals surface area contributed by atoms with Crippen molar-refractivity contribution in [2.24, 2.45) is 5.92 Å². The highest BCUT2D eigenvalue weighted by atomic mass is 32.2. The average molecular weight is 300 g/mol. The summed E-state index contributed by atoms with van der Waals surface area (Å²) in [7, 11) is 0. The second kappa shape index (κ2) is 6.68. The predicted octanol–water partition coefficient (Wildman–Crippen LogP) is 2.74. The maximum atomic E-state index is 8.68. The van der Waals surface area contributed by atoms with Gasteiger partial charge in [0.25, 0.3) is 0 Å². The van der Waals surface area contributed by atoms with E-state index >= 15 is 0 Å². The Balaban J connectivity index is 1.55. The fourth-order valence-electron chi connectivity index (χ4n) is 2.60. The van der Waals surface area contributed by atoms with Crippen molar-refractivity contribution in [2.75, 3.05) is 0 Å². The van der Waals surface area contributed by atoms with E-state index in [4.69, 9.17) is 5.26 Å². The van der Waals surface area contributed by atoms with Crippen molar-refractivity contribution in [1.29, 1.82) is 5.26 Å². The molecular formula is C14H16N6S. The molecule has 0 spiro atoms. The first kappa shape index (κ1) is 14.0. The van der Waals surface area contributed by atoms with E-state index in [1.54, 1.807) is 12.1 Å². The number of nitriles is 1. The second-order valence-electron chi connectivity index (χ2n) is 5.22. The highest BCUT2D eigenvalue weighted by Crippen LogP contribution is 2.28. The zero-order valence-corrected chi connectivity index (χ0v) is 12.4. The highest BCUT2D eigenvalue weighted by molar-refractivity contribution is 7.99. The van der Waals surface area contributed by atoms with Crippen molar-refractivity contribution in [3.63, 3.8) is 0 Å². The molecule has 0 radical (unpaired) electrons. The van der Waals surface area contributed by atoms with Gasteiger partial charge in [0.15, 0.2) is 5.69 Å². The Kier molecular flexibility index (Phi) is 4.46. The van der Waals surface area contributed by atoms with Gasteiger partial charge in [0.1, 0.15) is 16.9 Å². The Hall–Kier alpha value is -1.94. The molecule has 2 heterocycles. The Morgan fingerprint density at radius 3 is 2.86 bits per heavy atom. The number of nitrogens with zero attached hydrogens (tertiary/aromatic N) is 5. The first-order valence-corrected chi connectivity index (χ1v) is 7.98. The minimum atomic E-state index is 0.312. The van der Waals surface area contributed by atoms with E-state index in [0.717, 1.165) is 18.2 Å². The van der Waals surface area contributed by atoms with Gasteiger partial charge >= 0.3 is 0 Å². The zero-order valence-electron chi connectivity index (χ0n) is 11.6. The molecule has 0 amide bonds. The molecule has 0 unspecified atom stereocenters. The molecule has 0 bridgehead atoms. The molecule has 2 aromatic heterocycles. The maximum absolute atomic E-state index is 8.68. The fourth-order valence-corrected chi connectivity index (χ4v) is 3.25. The second-order valence-corrected chi connectivity index (χ2v) is 6.21. The summed E-state index contributed by atoms with van der Waals surface area (Å²) in [5.41, 5.74) is 0.312. The number of hydrogen-bond donors (Lipinski definition) is 1. The van der Waals surface area contributed by atoms with Gasteiger partial charge in [0.05, 0.1) is 0 Å². The van der Waals surface area contributed by atoms with Crippen LogP contribution in [-0.4, -0.2) is 25.4 Å². The monoisotopic (exact) mass is 300 g/mol. The molecule has 21 heavy (non-hydrogen) atoms. The molecular weight excluding hydrogens is 284 g/mol. The first-order chi connectivity index (χ1) is 10.3. The van der Waals surface area contributed by atoms with Crippen LogP contribution in [-0.2, 0) is 6.42 Å². The molecule has 1 aliphatic carbocycles. The van der Waals surface area contributed by atoms with Crippen molar-refractivity contribution in [3.05, 3.63) is 23.7 Å². The van der Waals surface area contributed by atoms with Crippen LogP contribution < -0.4 is 0 Å². The van der Waals surface area contributed by atoms with E-state index in [9.17, 15) is 0 Å². The van der Waals surface area contributed by atoms with Crippen LogP contribution in [0.5, 0.6) is 0 Å². The molecule has 0 atom stereocenters. The Bertz CT molecular complexity index is 624. The van der Waals surface area contributed by atoms with Gasteiger partial charge in [-0.05, 0) is 36.2 Å². The van der Waals surface area contributed by atoms with E-state index in [0.29, 0.717) is 15.9 Å². The van der Waals surface area contributed by atoms with Crippen LogP contribution in [0.2, 0.25) is 0 Å². The summed E-state index contributed by atoms with van der Waals surface area (Å²) in [6.07, 6.45) is 7.61. The standard InChI is InChI=1S/C14H16N6S/c15-9-11-6-8-13(19-17-11)21-14-16-12(18-20-14)7-5-10-3-1-2-4-10/h6,8,10H,1-5,7H2,(H,16,18,20). The lowest BCUT2D eigenvalue weighted by atomic mass is 10.0. The molecule has 0 aromatic carbocycles. The maximum Gasteiger partial charge on any atom is 0.214 e. The molecule has 1 N–H and O–H groups in total. The SMILES string of the molecule is N#Cc1ccc(Sc2n[nH]c(CCC3CCCC3)n2)nn1. The van der Waals surface area contributed by atoms with Crippen LogP contribution in [0.3, 0.4) is 0 Å². The van der Waals surface area contributed by atoms with E-state index < -0.39 is 0 Å². The Morgan fingerprint density at radius 1 is 1.29 bits per heavy atom. The largest absolute Gasteiger partial charge is 0.262 e. The molecule has 1 fully saturated rings. The fraction of sp³-hybridized carbons (Fsp3) is 0.500. The lowest BCUT2D eigenvalue weighted by molar-refractivity contribution is 0.497. The third-order valence-electron chi connectivity index (χ3n) is 3.73. The number of hydrogen-bond acceptors (Lipinski definition) is 6. The number of aromatic nitrogens is 5. The van der Waals surface area contributed by atoms with Gasteiger partial charge < -0.3 is 0 Å². The molecule has 1 saturated carbocycles. The van der Waals surface area contributed by atoms with E-state index in [1.807, 2.05) is 6.07 Å². The average Bonchev–Trinajstić information content (AvgIpc) is 3.17. The lowest BCUT2D eigenvalue weighted by Crippen LogP contribution is -1.97. The third kappa shape index (κ3) is 3.79. The van der Waals surface area contributed by atoms with E-state index in [2.05, 4.69) is 25.4 Å². The molecule has 3 rings (SSSR count). The Morgan fingerprint density at radius 2 is 2.14 bits per heavy atom. The molecule has 108 valence electrons. The van der Waals surface area contributed by atoms with Gasteiger partial charge in [0, 0.05) is 6.42 Å². The summed E-state index contributed by atoms with van der Waals surface area (Å²) in [5, 5.41) is 25.0. The van der Waals surface area contributed by atoms with Crippen molar-refractivity contribution in [1.82, 2.24) is 25.4 Å². The normalized spacial score (nSPS) is 15.2. The molecule has 1 aliphatic rings. The summed E-state index contributed by atoms with van der Waals surface area (Å²) in [6.45, 7) is 0. The van der Waals surface area contributed by atoms with Gasteiger partial charge in [-0.15, -0.1) is 15.3 Å². The van der Waals surface area contributed by atoms with Crippen molar-refractivity contribution >= 4 is 11.8 Å². The van der Waals surface area contributed by atoms with Crippen molar-refractivity contribution in [3.8, 4) is 6.07 Å². The summed E-state index contributed by atoms with van der Waals surface area (Å²) in [5.74, 6) is 1.79. The third-order valence-corrected chi connectivity index (χ3v) is 4.52. The number of nitrogens with one attached hydrogen (secondary N) is 1. The smallest absolute Gasteiger partial charge is 0.214 e. The van der Waals surface area contributed by atoms with Crippen LogP contribution in [0.25, 0.3) is 0 Å². The molecule has 7 heteroatoms. The minimum absolute atomic E-state index is 0.312. The molecule has 0 aliphatic heterocycles. The van der Waals surface area contributed by atoms with Crippen molar-refractivity contribution < 1.29 is 0 Å². The zero-order chi connectivity index (χ0) is 14.5. The summed E-state index contributed by atoms with van der Waals surface area (Å²) in [4.78, 5) is 4.47. The minimum Gasteiger partial charge on any atom is -0.262 e. The van der Waals surface area contributed by atoms with E-state index in [-0.39, 0.29) is 0 Å². The van der Waals surface area contributed by atoms with E-state index in [1.165, 1.54) is 43.9 Å². The Labute approximate surface area is 127 Å². The van der Waals surface area contributed by atoms with Crippen LogP contribution in [0.15, 0.2) is 22.3 Å².